The van der Waals surface area contributed by atoms with Crippen LogP contribution < -0.4 is 10.6 Å². The molecule has 0 spiro atoms. The van der Waals surface area contributed by atoms with Crippen LogP contribution >= 0.6 is 0 Å². The second kappa shape index (κ2) is 8.30. The summed E-state index contributed by atoms with van der Waals surface area (Å²) in [5.74, 6) is -0.657. The predicted molar refractivity (Wildman–Crippen MR) is 114 cm³/mol. The number of carbonyl (C=O) groups excluding carboxylic acids is 3. The Hall–Kier alpha value is -3.15. The monoisotopic (exact) mass is 405 g/mol. The van der Waals surface area contributed by atoms with Crippen molar-refractivity contribution in [3.63, 3.8) is 0 Å². The van der Waals surface area contributed by atoms with E-state index in [1.54, 1.807) is 6.92 Å². The van der Waals surface area contributed by atoms with E-state index in [0.717, 1.165) is 35.3 Å². The molecule has 2 aromatic carbocycles. The van der Waals surface area contributed by atoms with Gasteiger partial charge in [0, 0.05) is 0 Å². The lowest BCUT2D eigenvalue weighted by Gasteiger charge is -2.27. The highest BCUT2D eigenvalue weighted by atomic mass is 16.2. The van der Waals surface area contributed by atoms with Gasteiger partial charge in [-0.1, -0.05) is 54.6 Å². The van der Waals surface area contributed by atoms with E-state index in [1.807, 2.05) is 48.5 Å². The van der Waals surface area contributed by atoms with E-state index >= 15 is 0 Å². The smallest absolute Gasteiger partial charge is 0.325 e. The first kappa shape index (κ1) is 20.1. The van der Waals surface area contributed by atoms with Gasteiger partial charge in [0.05, 0.1) is 6.04 Å². The summed E-state index contributed by atoms with van der Waals surface area (Å²) in [6, 6.07) is 17.4. The molecule has 2 aromatic rings. The Morgan fingerprint density at radius 3 is 2.67 bits per heavy atom. The van der Waals surface area contributed by atoms with Crippen LogP contribution in [0.25, 0.3) is 0 Å². The van der Waals surface area contributed by atoms with E-state index in [-0.39, 0.29) is 24.4 Å². The van der Waals surface area contributed by atoms with Crippen LogP contribution in [0.5, 0.6) is 0 Å². The first-order chi connectivity index (χ1) is 14.5. The van der Waals surface area contributed by atoms with Crippen LogP contribution in [-0.4, -0.2) is 34.8 Å². The minimum atomic E-state index is -0.995. The number of amides is 4. The lowest BCUT2D eigenvalue weighted by atomic mass is 9.88. The molecule has 156 valence electrons. The van der Waals surface area contributed by atoms with Crippen LogP contribution in [0.4, 0.5) is 4.79 Å². The van der Waals surface area contributed by atoms with Crippen molar-refractivity contribution in [3.8, 4) is 0 Å². The average molecular weight is 405 g/mol. The molecule has 0 saturated carbocycles. The van der Waals surface area contributed by atoms with Gasteiger partial charge >= 0.3 is 6.03 Å². The number of carbonyl (C=O) groups is 3. The Morgan fingerprint density at radius 1 is 1.13 bits per heavy atom. The standard InChI is InChI=1S/C24H27N3O3/c1-24(15-14-17-8-3-2-4-9-17)22(29)27(23(30)26-24)16-21(28)25-20-13-7-11-18-10-5-6-12-19(18)20/h2-6,8-10,12,20H,7,11,13-16H2,1H3,(H,25,28)(H,26,30). The highest BCUT2D eigenvalue weighted by Crippen LogP contribution is 2.29. The molecular weight excluding hydrogens is 378 g/mol. The first-order valence-electron chi connectivity index (χ1n) is 10.5. The van der Waals surface area contributed by atoms with Gasteiger partial charge in [0.2, 0.25) is 5.91 Å². The Morgan fingerprint density at radius 2 is 1.87 bits per heavy atom. The number of nitrogens with zero attached hydrogens (tertiary/aromatic N) is 1. The second-order valence-corrected chi connectivity index (χ2v) is 8.35. The summed E-state index contributed by atoms with van der Waals surface area (Å²) in [5.41, 5.74) is 2.48. The zero-order chi connectivity index (χ0) is 21.1. The molecule has 1 aliphatic carbocycles. The fraction of sp³-hybridized carbons (Fsp3) is 0.375. The summed E-state index contributed by atoms with van der Waals surface area (Å²) in [4.78, 5) is 39.1. The van der Waals surface area contributed by atoms with E-state index in [0.29, 0.717) is 12.8 Å². The zero-order valence-corrected chi connectivity index (χ0v) is 17.2. The molecule has 2 atom stereocenters. The van der Waals surface area contributed by atoms with Gasteiger partial charge < -0.3 is 10.6 Å². The van der Waals surface area contributed by atoms with Gasteiger partial charge in [-0.15, -0.1) is 0 Å². The maximum atomic E-state index is 12.9. The lowest BCUT2D eigenvalue weighted by molar-refractivity contribution is -0.135. The number of aryl methyl sites for hydroxylation is 2. The van der Waals surface area contributed by atoms with Crippen molar-refractivity contribution < 1.29 is 14.4 Å². The molecule has 1 heterocycles. The second-order valence-electron chi connectivity index (χ2n) is 8.35. The van der Waals surface area contributed by atoms with Crippen molar-refractivity contribution in [2.75, 3.05) is 6.54 Å². The number of urea groups is 1. The van der Waals surface area contributed by atoms with Crippen molar-refractivity contribution in [1.82, 2.24) is 15.5 Å². The van der Waals surface area contributed by atoms with Crippen molar-refractivity contribution >= 4 is 17.8 Å². The molecule has 2 unspecified atom stereocenters. The number of hydrogen-bond acceptors (Lipinski definition) is 3. The van der Waals surface area contributed by atoms with E-state index in [4.69, 9.17) is 0 Å². The molecule has 2 N–H and O–H groups in total. The SMILES string of the molecule is CC1(CCc2ccccc2)NC(=O)N(CC(=O)NC2CCCc3ccccc32)C1=O. The topological polar surface area (TPSA) is 78.5 Å². The van der Waals surface area contributed by atoms with Crippen molar-refractivity contribution in [3.05, 3.63) is 71.3 Å². The summed E-state index contributed by atoms with van der Waals surface area (Å²) in [5, 5.41) is 5.80. The molecule has 4 rings (SSSR count). The summed E-state index contributed by atoms with van der Waals surface area (Å²) in [6.45, 7) is 1.47. The third-order valence-electron chi connectivity index (χ3n) is 6.11. The van der Waals surface area contributed by atoms with Crippen molar-refractivity contribution in [1.29, 1.82) is 0 Å². The summed E-state index contributed by atoms with van der Waals surface area (Å²) in [6.07, 6.45) is 4.02. The molecule has 30 heavy (non-hydrogen) atoms. The van der Waals surface area contributed by atoms with Crippen molar-refractivity contribution in [2.24, 2.45) is 0 Å². The highest BCUT2D eigenvalue weighted by molar-refractivity contribution is 6.08. The van der Waals surface area contributed by atoms with Crippen LogP contribution in [0, 0.1) is 0 Å². The third-order valence-corrected chi connectivity index (χ3v) is 6.11. The Labute approximate surface area is 176 Å². The maximum Gasteiger partial charge on any atom is 0.325 e. The summed E-state index contributed by atoms with van der Waals surface area (Å²) >= 11 is 0. The van der Waals surface area contributed by atoms with Gasteiger partial charge in [-0.2, -0.15) is 0 Å². The highest BCUT2D eigenvalue weighted by Gasteiger charge is 2.47. The van der Waals surface area contributed by atoms with Gasteiger partial charge in [0.25, 0.3) is 5.91 Å². The zero-order valence-electron chi connectivity index (χ0n) is 17.2. The van der Waals surface area contributed by atoms with Gasteiger partial charge in [-0.3, -0.25) is 14.5 Å². The van der Waals surface area contributed by atoms with Crippen LogP contribution in [0.3, 0.4) is 0 Å². The Balaban J connectivity index is 1.38. The quantitative estimate of drug-likeness (QED) is 0.725. The van der Waals surface area contributed by atoms with Crippen LogP contribution in [0.1, 0.15) is 48.9 Å². The van der Waals surface area contributed by atoms with Gasteiger partial charge in [0.1, 0.15) is 12.1 Å². The van der Waals surface area contributed by atoms with E-state index in [2.05, 4.69) is 16.7 Å². The normalized spacial score (nSPS) is 23.1. The van der Waals surface area contributed by atoms with Gasteiger partial charge in [-0.05, 0) is 55.7 Å². The molecule has 4 amide bonds. The maximum absolute atomic E-state index is 12.9. The van der Waals surface area contributed by atoms with Gasteiger partial charge in [0.15, 0.2) is 0 Å². The van der Waals surface area contributed by atoms with Crippen LogP contribution in [0.2, 0.25) is 0 Å². The van der Waals surface area contributed by atoms with E-state index in [1.165, 1.54) is 5.56 Å². The molecular formula is C24H27N3O3. The van der Waals surface area contributed by atoms with E-state index in [9.17, 15) is 14.4 Å². The number of hydrogen-bond donors (Lipinski definition) is 2. The molecule has 1 aliphatic heterocycles. The van der Waals surface area contributed by atoms with Crippen molar-refractivity contribution in [2.45, 2.75) is 50.6 Å². The largest absolute Gasteiger partial charge is 0.348 e. The molecule has 1 saturated heterocycles. The first-order valence-corrected chi connectivity index (χ1v) is 10.5. The average Bonchev–Trinajstić information content (AvgIpc) is 2.97. The number of rotatable bonds is 6. The third kappa shape index (κ3) is 4.08. The molecule has 6 nitrogen and oxygen atoms in total. The lowest BCUT2D eigenvalue weighted by Crippen LogP contribution is -2.46. The Bertz CT molecular complexity index is 959. The predicted octanol–water partition coefficient (Wildman–Crippen LogP) is 3.12. The van der Waals surface area contributed by atoms with Crippen LogP contribution in [-0.2, 0) is 22.4 Å². The van der Waals surface area contributed by atoms with Gasteiger partial charge in [-0.25, -0.2) is 4.79 Å². The molecule has 6 heteroatoms. The number of fused-ring (bicyclic) bond motifs is 1. The minimum Gasteiger partial charge on any atom is -0.348 e. The Kier molecular flexibility index (Phi) is 5.57. The molecule has 0 bridgehead atoms. The molecule has 0 aromatic heterocycles. The summed E-state index contributed by atoms with van der Waals surface area (Å²) in [7, 11) is 0. The fourth-order valence-electron chi connectivity index (χ4n) is 4.39. The number of imide groups is 1. The summed E-state index contributed by atoms with van der Waals surface area (Å²) < 4.78 is 0. The minimum absolute atomic E-state index is 0.0762. The molecule has 1 fully saturated rings. The molecule has 2 aliphatic rings. The van der Waals surface area contributed by atoms with E-state index < -0.39 is 11.6 Å². The number of benzene rings is 2. The van der Waals surface area contributed by atoms with Crippen LogP contribution in [0.15, 0.2) is 54.6 Å². The molecule has 0 radical (unpaired) electrons. The fourth-order valence-corrected chi connectivity index (χ4v) is 4.39. The number of nitrogens with one attached hydrogen (secondary N) is 2.